The highest BCUT2D eigenvalue weighted by Gasteiger charge is 2.30. The van der Waals surface area contributed by atoms with E-state index < -0.39 is 5.82 Å². The number of rotatable bonds is 4. The van der Waals surface area contributed by atoms with Crippen molar-refractivity contribution in [2.75, 3.05) is 31.6 Å². The van der Waals surface area contributed by atoms with E-state index in [1.54, 1.807) is 29.3 Å². The number of pyridine rings is 1. The van der Waals surface area contributed by atoms with Crippen LogP contribution in [0.3, 0.4) is 0 Å². The number of halogens is 2. The van der Waals surface area contributed by atoms with Gasteiger partial charge in [-0.25, -0.2) is 14.1 Å². The number of amides is 1. The number of ether oxygens (including phenoxy) is 1. The summed E-state index contributed by atoms with van der Waals surface area (Å²) in [4.78, 5) is 20.9. The third kappa shape index (κ3) is 3.86. The number of benzene rings is 1. The molecule has 8 nitrogen and oxygen atoms in total. The maximum atomic E-state index is 14.5. The largest absolute Gasteiger partial charge is 0.495 e. The molecule has 0 saturated carbocycles. The number of piperazine rings is 1. The standard InChI is InChI=1S/C21H20ClFN6O2/c1-13-11-27(18-9-19(31-2)15(22)8-16(18)23)6-7-28(13)20(30)12-29-21-14(4-3-5-25-21)17(10-24)26-29/h3-5,8-9,13H,6-7,11-12H2,1-2H3/t13-/m0/s1. The smallest absolute Gasteiger partial charge is 0.244 e. The van der Waals surface area contributed by atoms with Crippen LogP contribution in [-0.4, -0.2) is 58.4 Å². The summed E-state index contributed by atoms with van der Waals surface area (Å²) >= 11 is 5.99. The Morgan fingerprint density at radius 3 is 2.94 bits per heavy atom. The van der Waals surface area contributed by atoms with E-state index in [0.717, 1.165) is 0 Å². The molecule has 4 rings (SSSR count). The van der Waals surface area contributed by atoms with E-state index in [1.165, 1.54) is 17.9 Å². The predicted molar refractivity (Wildman–Crippen MR) is 114 cm³/mol. The van der Waals surface area contributed by atoms with E-state index in [1.807, 2.05) is 17.9 Å². The molecule has 1 saturated heterocycles. The molecule has 3 heterocycles. The molecular formula is C21H20ClFN6O2. The molecule has 1 fully saturated rings. The molecule has 1 aliphatic heterocycles. The van der Waals surface area contributed by atoms with Gasteiger partial charge in [0.15, 0.2) is 11.3 Å². The lowest BCUT2D eigenvalue weighted by Gasteiger charge is -2.41. The van der Waals surface area contributed by atoms with E-state index in [-0.39, 0.29) is 29.2 Å². The number of nitriles is 1. The normalized spacial score (nSPS) is 16.4. The molecule has 0 aliphatic carbocycles. The fraction of sp³-hybridized carbons (Fsp3) is 0.333. The zero-order chi connectivity index (χ0) is 22.1. The maximum absolute atomic E-state index is 14.5. The van der Waals surface area contributed by atoms with Gasteiger partial charge in [-0.2, -0.15) is 10.4 Å². The molecule has 0 unspecified atom stereocenters. The SMILES string of the molecule is COc1cc(N2CCN(C(=O)Cn3nc(C#N)c4cccnc43)[C@@H](C)C2)c(F)cc1Cl. The molecule has 160 valence electrons. The van der Waals surface area contributed by atoms with E-state index in [9.17, 15) is 14.4 Å². The minimum Gasteiger partial charge on any atom is -0.495 e. The van der Waals surface area contributed by atoms with Crippen LogP contribution in [0.25, 0.3) is 11.0 Å². The number of fused-ring (bicyclic) bond motifs is 1. The van der Waals surface area contributed by atoms with Crippen LogP contribution in [0, 0.1) is 17.1 Å². The Labute approximate surface area is 183 Å². The first-order valence-electron chi connectivity index (χ1n) is 9.72. The highest BCUT2D eigenvalue weighted by atomic mass is 35.5. The van der Waals surface area contributed by atoms with Gasteiger partial charge in [0.2, 0.25) is 5.91 Å². The summed E-state index contributed by atoms with van der Waals surface area (Å²) in [5.41, 5.74) is 1.12. The third-order valence-corrected chi connectivity index (χ3v) is 5.70. The van der Waals surface area contributed by atoms with Gasteiger partial charge in [0.05, 0.1) is 23.2 Å². The van der Waals surface area contributed by atoms with Gasteiger partial charge < -0.3 is 14.5 Å². The number of aromatic nitrogens is 3. The number of anilines is 1. The summed E-state index contributed by atoms with van der Waals surface area (Å²) in [6, 6.07) is 8.17. The molecule has 1 aromatic carbocycles. The number of hydrogen-bond acceptors (Lipinski definition) is 6. The van der Waals surface area contributed by atoms with Crippen molar-refractivity contribution in [2.24, 2.45) is 0 Å². The quantitative estimate of drug-likeness (QED) is 0.617. The first kappa shape index (κ1) is 20.9. The molecule has 3 aromatic rings. The first-order valence-corrected chi connectivity index (χ1v) is 10.1. The molecular weight excluding hydrogens is 423 g/mol. The molecule has 1 aliphatic rings. The number of hydrogen-bond donors (Lipinski definition) is 0. The van der Waals surface area contributed by atoms with Gasteiger partial charge in [-0.1, -0.05) is 11.6 Å². The van der Waals surface area contributed by atoms with Gasteiger partial charge in [0, 0.05) is 37.9 Å². The van der Waals surface area contributed by atoms with Gasteiger partial charge in [0.25, 0.3) is 0 Å². The van der Waals surface area contributed by atoms with Crippen molar-refractivity contribution in [1.29, 1.82) is 5.26 Å². The Morgan fingerprint density at radius 1 is 1.42 bits per heavy atom. The van der Waals surface area contributed by atoms with Crippen molar-refractivity contribution in [2.45, 2.75) is 19.5 Å². The Kier molecular flexibility index (Phi) is 5.65. The van der Waals surface area contributed by atoms with Gasteiger partial charge >= 0.3 is 0 Å². The van der Waals surface area contributed by atoms with Crippen LogP contribution in [-0.2, 0) is 11.3 Å². The van der Waals surface area contributed by atoms with Crippen LogP contribution in [0.1, 0.15) is 12.6 Å². The van der Waals surface area contributed by atoms with Crippen molar-refractivity contribution in [3.05, 3.63) is 47.0 Å². The number of carbonyl (C=O) groups excluding carboxylic acids is 1. The Hall–Kier alpha value is -3.38. The van der Waals surface area contributed by atoms with Crippen LogP contribution >= 0.6 is 11.6 Å². The molecule has 0 N–H and O–H groups in total. The summed E-state index contributed by atoms with van der Waals surface area (Å²) in [6.07, 6.45) is 1.60. The van der Waals surface area contributed by atoms with Crippen molar-refractivity contribution in [3.8, 4) is 11.8 Å². The van der Waals surface area contributed by atoms with E-state index in [0.29, 0.717) is 42.1 Å². The van der Waals surface area contributed by atoms with Crippen LogP contribution in [0.5, 0.6) is 5.75 Å². The molecule has 1 atom stereocenters. The topological polar surface area (TPSA) is 87.3 Å². The third-order valence-electron chi connectivity index (χ3n) is 5.41. The first-order chi connectivity index (χ1) is 14.9. The monoisotopic (exact) mass is 442 g/mol. The van der Waals surface area contributed by atoms with Gasteiger partial charge in [0.1, 0.15) is 24.2 Å². The lowest BCUT2D eigenvalue weighted by molar-refractivity contribution is -0.134. The van der Waals surface area contributed by atoms with Crippen LogP contribution in [0.15, 0.2) is 30.5 Å². The van der Waals surface area contributed by atoms with E-state index in [2.05, 4.69) is 10.1 Å². The maximum Gasteiger partial charge on any atom is 0.244 e. The zero-order valence-electron chi connectivity index (χ0n) is 17.0. The van der Waals surface area contributed by atoms with Crippen molar-refractivity contribution >= 4 is 34.2 Å². The predicted octanol–water partition coefficient (Wildman–Crippen LogP) is 2.84. The van der Waals surface area contributed by atoms with Crippen LogP contribution < -0.4 is 9.64 Å². The molecule has 10 heteroatoms. The lowest BCUT2D eigenvalue weighted by atomic mass is 10.1. The Bertz CT molecular complexity index is 1190. The highest BCUT2D eigenvalue weighted by molar-refractivity contribution is 6.32. The summed E-state index contributed by atoms with van der Waals surface area (Å²) in [5.74, 6) is -0.174. The highest BCUT2D eigenvalue weighted by Crippen LogP contribution is 2.33. The fourth-order valence-corrected chi connectivity index (χ4v) is 4.11. The van der Waals surface area contributed by atoms with Crippen molar-refractivity contribution in [1.82, 2.24) is 19.7 Å². The molecule has 0 bridgehead atoms. The van der Waals surface area contributed by atoms with Crippen molar-refractivity contribution < 1.29 is 13.9 Å². The lowest BCUT2D eigenvalue weighted by Crippen LogP contribution is -2.55. The minimum atomic E-state index is -0.434. The van der Waals surface area contributed by atoms with Crippen molar-refractivity contribution in [3.63, 3.8) is 0 Å². The second-order valence-electron chi connectivity index (χ2n) is 7.31. The second-order valence-corrected chi connectivity index (χ2v) is 7.72. The summed E-state index contributed by atoms with van der Waals surface area (Å²) in [7, 11) is 1.48. The van der Waals surface area contributed by atoms with Crippen LogP contribution in [0.4, 0.5) is 10.1 Å². The number of nitrogens with zero attached hydrogens (tertiary/aromatic N) is 6. The fourth-order valence-electron chi connectivity index (χ4n) is 3.89. The summed E-state index contributed by atoms with van der Waals surface area (Å²) in [6.45, 7) is 3.22. The van der Waals surface area contributed by atoms with E-state index in [4.69, 9.17) is 16.3 Å². The molecule has 0 spiro atoms. The summed E-state index contributed by atoms with van der Waals surface area (Å²) < 4.78 is 21.2. The molecule has 1 amide bonds. The van der Waals surface area contributed by atoms with Gasteiger partial charge in [-0.05, 0) is 25.1 Å². The molecule has 2 aromatic heterocycles. The average molecular weight is 443 g/mol. The number of methoxy groups -OCH3 is 1. The Balaban J connectivity index is 1.50. The summed E-state index contributed by atoms with van der Waals surface area (Å²) in [5, 5.41) is 14.3. The number of carbonyl (C=O) groups is 1. The Morgan fingerprint density at radius 2 is 2.23 bits per heavy atom. The minimum absolute atomic E-state index is 0.0251. The van der Waals surface area contributed by atoms with Crippen LogP contribution in [0.2, 0.25) is 5.02 Å². The van der Waals surface area contributed by atoms with Gasteiger partial charge in [-0.15, -0.1) is 0 Å². The average Bonchev–Trinajstić information content (AvgIpc) is 3.11. The molecule has 0 radical (unpaired) electrons. The second kappa shape index (κ2) is 8.40. The zero-order valence-corrected chi connectivity index (χ0v) is 17.8. The van der Waals surface area contributed by atoms with E-state index >= 15 is 0 Å². The molecule has 31 heavy (non-hydrogen) atoms. The van der Waals surface area contributed by atoms with Gasteiger partial charge in [-0.3, -0.25) is 4.79 Å².